The Labute approximate surface area is 127 Å². The number of ether oxygens (including phenoxy) is 1. The SMILES string of the molecule is COc1ccc([N+](=O)[O-])c(C(=O)Nc2ccc(C)c(C)c2)c1. The van der Waals surface area contributed by atoms with E-state index in [0.717, 1.165) is 11.1 Å². The van der Waals surface area contributed by atoms with Crippen LogP contribution in [-0.2, 0) is 0 Å². The zero-order valence-corrected chi connectivity index (χ0v) is 12.5. The number of rotatable bonds is 4. The minimum atomic E-state index is -0.589. The summed E-state index contributed by atoms with van der Waals surface area (Å²) in [5.74, 6) is -0.162. The van der Waals surface area contributed by atoms with Gasteiger partial charge in [-0.2, -0.15) is 0 Å². The second-order valence-corrected chi connectivity index (χ2v) is 4.89. The minimum Gasteiger partial charge on any atom is -0.497 e. The van der Waals surface area contributed by atoms with Gasteiger partial charge in [0.05, 0.1) is 12.0 Å². The highest BCUT2D eigenvalue weighted by Gasteiger charge is 2.21. The van der Waals surface area contributed by atoms with Crippen molar-refractivity contribution in [3.05, 3.63) is 63.2 Å². The van der Waals surface area contributed by atoms with Gasteiger partial charge < -0.3 is 10.1 Å². The molecule has 6 nitrogen and oxygen atoms in total. The maximum absolute atomic E-state index is 12.3. The number of nitrogens with zero attached hydrogens (tertiary/aromatic N) is 1. The lowest BCUT2D eigenvalue weighted by Crippen LogP contribution is -2.14. The first-order chi connectivity index (χ1) is 10.4. The topological polar surface area (TPSA) is 81.5 Å². The largest absolute Gasteiger partial charge is 0.497 e. The van der Waals surface area contributed by atoms with Crippen molar-refractivity contribution in [2.45, 2.75) is 13.8 Å². The maximum atomic E-state index is 12.3. The molecule has 0 aliphatic carbocycles. The number of aryl methyl sites for hydroxylation is 2. The van der Waals surface area contributed by atoms with Gasteiger partial charge in [0.15, 0.2) is 0 Å². The number of hydrogen-bond donors (Lipinski definition) is 1. The van der Waals surface area contributed by atoms with Crippen molar-refractivity contribution in [3.8, 4) is 5.75 Å². The molecule has 2 aromatic rings. The van der Waals surface area contributed by atoms with E-state index in [-0.39, 0.29) is 11.3 Å². The molecule has 1 N–H and O–H groups in total. The van der Waals surface area contributed by atoms with E-state index >= 15 is 0 Å². The van der Waals surface area contributed by atoms with Crippen molar-refractivity contribution in [3.63, 3.8) is 0 Å². The van der Waals surface area contributed by atoms with Crippen LogP contribution in [0.2, 0.25) is 0 Å². The molecule has 0 aliphatic rings. The van der Waals surface area contributed by atoms with Crippen molar-refractivity contribution < 1.29 is 14.5 Å². The van der Waals surface area contributed by atoms with E-state index in [2.05, 4.69) is 5.32 Å². The predicted octanol–water partition coefficient (Wildman–Crippen LogP) is 3.47. The molecule has 0 aliphatic heterocycles. The van der Waals surface area contributed by atoms with E-state index in [9.17, 15) is 14.9 Å². The molecule has 114 valence electrons. The number of hydrogen-bond acceptors (Lipinski definition) is 4. The number of benzene rings is 2. The third-order valence-electron chi connectivity index (χ3n) is 3.41. The average molecular weight is 300 g/mol. The van der Waals surface area contributed by atoms with Crippen LogP contribution in [0.1, 0.15) is 21.5 Å². The lowest BCUT2D eigenvalue weighted by atomic mass is 10.1. The fourth-order valence-electron chi connectivity index (χ4n) is 2.00. The highest BCUT2D eigenvalue weighted by Crippen LogP contribution is 2.25. The summed E-state index contributed by atoms with van der Waals surface area (Å²) < 4.78 is 5.02. The second kappa shape index (κ2) is 6.26. The Morgan fingerprint density at radius 3 is 2.45 bits per heavy atom. The fraction of sp³-hybridized carbons (Fsp3) is 0.188. The molecule has 0 saturated carbocycles. The monoisotopic (exact) mass is 300 g/mol. The number of amides is 1. The number of carbonyl (C=O) groups is 1. The molecule has 2 rings (SSSR count). The Balaban J connectivity index is 2.35. The number of carbonyl (C=O) groups excluding carboxylic acids is 1. The van der Waals surface area contributed by atoms with Crippen LogP contribution in [0.25, 0.3) is 0 Å². The standard InChI is InChI=1S/C16H16N2O4/c1-10-4-5-12(8-11(10)2)17-16(19)14-9-13(22-3)6-7-15(14)18(20)21/h4-9H,1-3H3,(H,17,19). The first-order valence-corrected chi connectivity index (χ1v) is 6.63. The molecule has 22 heavy (non-hydrogen) atoms. The highest BCUT2D eigenvalue weighted by molar-refractivity contribution is 6.07. The number of methoxy groups -OCH3 is 1. The van der Waals surface area contributed by atoms with Crippen molar-refractivity contribution in [1.29, 1.82) is 0 Å². The zero-order valence-electron chi connectivity index (χ0n) is 12.5. The summed E-state index contributed by atoms with van der Waals surface area (Å²) in [5.41, 5.74) is 2.42. The summed E-state index contributed by atoms with van der Waals surface area (Å²) in [6.45, 7) is 3.90. The van der Waals surface area contributed by atoms with Crippen molar-refractivity contribution in [2.75, 3.05) is 12.4 Å². The van der Waals surface area contributed by atoms with E-state index in [1.807, 2.05) is 26.0 Å². The third kappa shape index (κ3) is 3.22. The third-order valence-corrected chi connectivity index (χ3v) is 3.41. The molecule has 0 bridgehead atoms. The molecule has 2 aromatic carbocycles. The molecule has 0 fully saturated rings. The van der Waals surface area contributed by atoms with E-state index in [4.69, 9.17) is 4.74 Å². The molecule has 1 amide bonds. The predicted molar refractivity (Wildman–Crippen MR) is 83.5 cm³/mol. The van der Waals surface area contributed by atoms with E-state index < -0.39 is 10.8 Å². The highest BCUT2D eigenvalue weighted by atomic mass is 16.6. The lowest BCUT2D eigenvalue weighted by molar-refractivity contribution is -0.385. The Morgan fingerprint density at radius 2 is 1.86 bits per heavy atom. The van der Waals surface area contributed by atoms with Gasteiger partial charge in [0.2, 0.25) is 0 Å². The molecule has 0 atom stereocenters. The van der Waals surface area contributed by atoms with Gasteiger partial charge in [-0.25, -0.2) is 0 Å². The van der Waals surface area contributed by atoms with Crippen LogP contribution in [0, 0.1) is 24.0 Å². The molecule has 0 spiro atoms. The van der Waals surface area contributed by atoms with E-state index in [0.29, 0.717) is 11.4 Å². The summed E-state index contributed by atoms with van der Waals surface area (Å²) in [4.78, 5) is 22.8. The van der Waals surface area contributed by atoms with Crippen LogP contribution >= 0.6 is 0 Å². The summed E-state index contributed by atoms with van der Waals surface area (Å²) in [7, 11) is 1.44. The molecule has 0 unspecified atom stereocenters. The van der Waals surface area contributed by atoms with Crippen molar-refractivity contribution in [2.24, 2.45) is 0 Å². The van der Waals surface area contributed by atoms with Crippen LogP contribution in [-0.4, -0.2) is 17.9 Å². The first-order valence-electron chi connectivity index (χ1n) is 6.63. The summed E-state index contributed by atoms with van der Waals surface area (Å²) in [6, 6.07) is 9.52. The van der Waals surface area contributed by atoms with Gasteiger partial charge in [0.1, 0.15) is 11.3 Å². The quantitative estimate of drug-likeness (QED) is 0.692. The van der Waals surface area contributed by atoms with Crippen molar-refractivity contribution >= 4 is 17.3 Å². The van der Waals surface area contributed by atoms with Gasteiger partial charge in [0.25, 0.3) is 11.6 Å². The molecular formula is C16H16N2O4. The molecule has 0 heterocycles. The van der Waals surface area contributed by atoms with Gasteiger partial charge in [-0.3, -0.25) is 14.9 Å². The smallest absolute Gasteiger partial charge is 0.282 e. The van der Waals surface area contributed by atoms with Gasteiger partial charge >= 0.3 is 0 Å². The summed E-state index contributed by atoms with van der Waals surface area (Å²) in [5, 5.41) is 13.7. The molecule has 0 radical (unpaired) electrons. The normalized spacial score (nSPS) is 10.1. The van der Waals surface area contributed by atoms with Crippen LogP contribution < -0.4 is 10.1 Å². The van der Waals surface area contributed by atoms with Gasteiger partial charge in [0, 0.05) is 11.8 Å². The number of anilines is 1. The van der Waals surface area contributed by atoms with Crippen LogP contribution in [0.5, 0.6) is 5.75 Å². The first kappa shape index (κ1) is 15.5. The molecule has 0 aromatic heterocycles. The summed E-state index contributed by atoms with van der Waals surface area (Å²) in [6.07, 6.45) is 0. The van der Waals surface area contributed by atoms with Gasteiger partial charge in [-0.05, 0) is 49.2 Å². The van der Waals surface area contributed by atoms with Crippen LogP contribution in [0.4, 0.5) is 11.4 Å². The number of nitro benzene ring substituents is 1. The molecule has 6 heteroatoms. The van der Waals surface area contributed by atoms with Crippen molar-refractivity contribution in [1.82, 2.24) is 0 Å². The van der Waals surface area contributed by atoms with Gasteiger partial charge in [-0.15, -0.1) is 0 Å². The number of nitrogens with one attached hydrogen (secondary N) is 1. The Bertz CT molecular complexity index is 741. The van der Waals surface area contributed by atoms with Gasteiger partial charge in [-0.1, -0.05) is 6.07 Å². The Hall–Kier alpha value is -2.89. The van der Waals surface area contributed by atoms with Crippen LogP contribution in [0.15, 0.2) is 36.4 Å². The Morgan fingerprint density at radius 1 is 1.14 bits per heavy atom. The molecular weight excluding hydrogens is 284 g/mol. The fourth-order valence-corrected chi connectivity index (χ4v) is 2.00. The zero-order chi connectivity index (χ0) is 16.3. The van der Waals surface area contributed by atoms with E-state index in [1.165, 1.54) is 25.3 Å². The molecule has 0 saturated heterocycles. The lowest BCUT2D eigenvalue weighted by Gasteiger charge is -2.09. The summed E-state index contributed by atoms with van der Waals surface area (Å²) >= 11 is 0. The number of nitro groups is 1. The second-order valence-electron chi connectivity index (χ2n) is 4.89. The van der Waals surface area contributed by atoms with E-state index in [1.54, 1.807) is 6.07 Å². The Kier molecular flexibility index (Phi) is 4.41. The minimum absolute atomic E-state index is 0.0393. The maximum Gasteiger partial charge on any atom is 0.282 e. The van der Waals surface area contributed by atoms with Crippen LogP contribution in [0.3, 0.4) is 0 Å². The average Bonchev–Trinajstić information content (AvgIpc) is 2.50.